The van der Waals surface area contributed by atoms with Gasteiger partial charge in [0.25, 0.3) is 0 Å². The van der Waals surface area contributed by atoms with Gasteiger partial charge in [0.2, 0.25) is 0 Å². The Balaban J connectivity index is 1.23. The highest BCUT2D eigenvalue weighted by Crippen LogP contribution is 2.44. The van der Waals surface area contributed by atoms with Crippen LogP contribution in [0.5, 0.6) is 0 Å². The maximum Gasteiger partial charge on any atom is 0.145 e. The molecule has 7 aromatic rings. The van der Waals surface area contributed by atoms with Gasteiger partial charge in [-0.15, -0.1) is 0 Å². The van der Waals surface area contributed by atoms with Gasteiger partial charge in [0, 0.05) is 52.2 Å². The molecule has 0 radical (unpaired) electrons. The molecule has 1 aromatic heterocycles. The molecule has 6 aromatic carbocycles. The first kappa shape index (κ1) is 27.5. The van der Waals surface area contributed by atoms with E-state index in [0.29, 0.717) is 0 Å². The fourth-order valence-corrected chi connectivity index (χ4v) is 6.47. The van der Waals surface area contributed by atoms with Crippen LogP contribution in [0.2, 0.25) is 0 Å². The Morgan fingerprint density at radius 1 is 0.630 bits per heavy atom. The van der Waals surface area contributed by atoms with Gasteiger partial charge in [0.05, 0.1) is 5.69 Å². The summed E-state index contributed by atoms with van der Waals surface area (Å²) in [7, 11) is 2.13. The topological polar surface area (TPSA) is 19.6 Å². The Kier molecular flexibility index (Phi) is 6.85. The van der Waals surface area contributed by atoms with Gasteiger partial charge in [-0.2, -0.15) is 0 Å². The van der Waals surface area contributed by atoms with E-state index >= 15 is 0 Å². The Morgan fingerprint density at radius 2 is 1.39 bits per heavy atom. The molecule has 0 fully saturated rings. The van der Waals surface area contributed by atoms with Crippen molar-refractivity contribution in [2.24, 2.45) is 0 Å². The number of furan rings is 1. The third kappa shape index (κ3) is 4.79. The molecule has 0 bridgehead atoms. The second-order valence-electron chi connectivity index (χ2n) is 11.6. The molecular weight excluding hydrogens is 560 g/mol. The number of fused-ring (bicyclic) bond motifs is 5. The zero-order valence-electron chi connectivity index (χ0n) is 25.6. The summed E-state index contributed by atoms with van der Waals surface area (Å²) in [6.45, 7) is 4.48. The van der Waals surface area contributed by atoms with Gasteiger partial charge in [0.15, 0.2) is 0 Å². The van der Waals surface area contributed by atoms with Crippen molar-refractivity contribution >= 4 is 50.3 Å². The van der Waals surface area contributed by atoms with Gasteiger partial charge in [-0.3, -0.25) is 0 Å². The Hall–Kier alpha value is -6.06. The molecule has 0 aliphatic carbocycles. The van der Waals surface area contributed by atoms with Gasteiger partial charge in [-0.25, -0.2) is 0 Å². The zero-order valence-corrected chi connectivity index (χ0v) is 25.6. The first-order chi connectivity index (χ1) is 22.7. The number of nitrogens with zero attached hydrogens (tertiary/aromatic N) is 2. The molecule has 1 aliphatic rings. The summed E-state index contributed by atoms with van der Waals surface area (Å²) in [4.78, 5) is 4.48. The normalized spacial score (nSPS) is 14.1. The van der Waals surface area contributed by atoms with Gasteiger partial charge in [-0.1, -0.05) is 110 Å². The second kappa shape index (κ2) is 11.5. The molecule has 8 rings (SSSR count). The maximum atomic E-state index is 6.61. The highest BCUT2D eigenvalue weighted by molar-refractivity contribution is 6.12. The molecule has 0 spiro atoms. The van der Waals surface area contributed by atoms with E-state index in [0.717, 1.165) is 55.8 Å². The molecule has 3 nitrogen and oxygen atoms in total. The lowest BCUT2D eigenvalue weighted by Crippen LogP contribution is -2.14. The summed E-state index contributed by atoms with van der Waals surface area (Å²) in [5, 5.41) is 2.18. The largest absolute Gasteiger partial charge is 0.455 e. The van der Waals surface area contributed by atoms with Crippen LogP contribution >= 0.6 is 0 Å². The number of para-hydroxylation sites is 1. The third-order valence-electron chi connectivity index (χ3n) is 8.79. The van der Waals surface area contributed by atoms with Crippen molar-refractivity contribution in [3.8, 4) is 22.3 Å². The fourth-order valence-electron chi connectivity index (χ4n) is 6.47. The molecule has 2 heterocycles. The summed E-state index contributed by atoms with van der Waals surface area (Å²) in [5.41, 5.74) is 12.6. The van der Waals surface area contributed by atoms with Crippen molar-refractivity contribution in [2.75, 3.05) is 16.8 Å². The molecule has 0 N–H and O–H groups in total. The molecule has 1 aliphatic heterocycles. The highest BCUT2D eigenvalue weighted by Gasteiger charge is 2.22. The first-order valence-corrected chi connectivity index (χ1v) is 15.5. The quantitative estimate of drug-likeness (QED) is 0.198. The SMILES string of the molecule is C=C1/C=C\C=C/N(c2cccc(N(C)c3ccccc3-c3ccccc3)c2)c2ccc3c(oc4ccc(-c5ccccc5)cc43)c21. The Labute approximate surface area is 269 Å². The van der Waals surface area contributed by atoms with E-state index in [-0.39, 0.29) is 0 Å². The van der Waals surface area contributed by atoms with Crippen molar-refractivity contribution in [1.29, 1.82) is 0 Å². The molecule has 0 amide bonds. The van der Waals surface area contributed by atoms with Crippen LogP contribution in [-0.2, 0) is 0 Å². The summed E-state index contributed by atoms with van der Waals surface area (Å²) < 4.78 is 6.61. The number of rotatable bonds is 5. The summed E-state index contributed by atoms with van der Waals surface area (Å²) in [6.07, 6.45) is 8.27. The number of allylic oxidation sites excluding steroid dienone is 4. The van der Waals surface area contributed by atoms with E-state index in [1.807, 2.05) is 12.1 Å². The van der Waals surface area contributed by atoms with E-state index in [4.69, 9.17) is 4.42 Å². The van der Waals surface area contributed by atoms with Crippen LogP contribution in [0.1, 0.15) is 5.56 Å². The summed E-state index contributed by atoms with van der Waals surface area (Å²) in [5.74, 6) is 0. The molecule has 0 atom stereocenters. The second-order valence-corrected chi connectivity index (χ2v) is 11.6. The van der Waals surface area contributed by atoms with E-state index in [2.05, 4.69) is 175 Å². The van der Waals surface area contributed by atoms with Crippen LogP contribution in [0.15, 0.2) is 175 Å². The lowest BCUT2D eigenvalue weighted by atomic mass is 9.97. The van der Waals surface area contributed by atoms with Crippen molar-refractivity contribution in [1.82, 2.24) is 0 Å². The maximum absolute atomic E-state index is 6.61. The van der Waals surface area contributed by atoms with Gasteiger partial charge >= 0.3 is 0 Å². The van der Waals surface area contributed by atoms with Crippen LogP contribution in [-0.4, -0.2) is 7.05 Å². The molecule has 3 heteroatoms. The molecule has 46 heavy (non-hydrogen) atoms. The minimum absolute atomic E-state index is 0.845. The van der Waals surface area contributed by atoms with Crippen LogP contribution < -0.4 is 9.80 Å². The van der Waals surface area contributed by atoms with E-state index in [1.54, 1.807) is 0 Å². The average molecular weight is 593 g/mol. The van der Waals surface area contributed by atoms with Gasteiger partial charge in [0.1, 0.15) is 11.2 Å². The van der Waals surface area contributed by atoms with Crippen LogP contribution in [0.25, 0.3) is 49.8 Å². The molecule has 0 saturated carbocycles. The van der Waals surface area contributed by atoms with Crippen molar-refractivity contribution in [2.45, 2.75) is 0 Å². The monoisotopic (exact) mass is 592 g/mol. The van der Waals surface area contributed by atoms with Gasteiger partial charge in [-0.05, 0) is 76.9 Å². The van der Waals surface area contributed by atoms with Crippen LogP contribution in [0, 0.1) is 0 Å². The van der Waals surface area contributed by atoms with E-state index in [9.17, 15) is 0 Å². The fraction of sp³-hybridized carbons (Fsp3) is 0.0233. The van der Waals surface area contributed by atoms with E-state index < -0.39 is 0 Å². The standard InChI is InChI=1S/C43H32N2O/c1-30-14-11-12-27-45(35-20-13-19-34(29-35)44(2)39-22-10-9-21-36(39)32-17-7-4-8-18-32)40-25-24-37-38-28-33(31-15-5-3-6-16-31)23-26-41(38)46-43(37)42(30)40/h3-29H,1H2,2H3/b14-11-,27-12-. The Morgan fingerprint density at radius 3 is 2.22 bits per heavy atom. The van der Waals surface area contributed by atoms with Crippen LogP contribution in [0.4, 0.5) is 22.7 Å². The summed E-state index contributed by atoms with van der Waals surface area (Å²) in [6, 6.07) is 49.0. The molecule has 220 valence electrons. The zero-order chi connectivity index (χ0) is 31.0. The molecule has 0 saturated heterocycles. The molecule has 0 unspecified atom stereocenters. The van der Waals surface area contributed by atoms with E-state index in [1.165, 1.54) is 22.3 Å². The lowest BCUT2D eigenvalue weighted by Gasteiger charge is -2.28. The third-order valence-corrected chi connectivity index (χ3v) is 8.79. The average Bonchev–Trinajstić information content (AvgIpc) is 3.48. The molecular formula is C43H32N2O. The Bertz CT molecular complexity index is 2290. The minimum Gasteiger partial charge on any atom is -0.455 e. The minimum atomic E-state index is 0.845. The van der Waals surface area contributed by atoms with Crippen molar-refractivity contribution in [3.63, 3.8) is 0 Å². The summed E-state index contributed by atoms with van der Waals surface area (Å²) >= 11 is 0. The van der Waals surface area contributed by atoms with Crippen LogP contribution in [0.3, 0.4) is 0 Å². The van der Waals surface area contributed by atoms with Crippen molar-refractivity contribution in [3.05, 3.63) is 176 Å². The predicted octanol–water partition coefficient (Wildman–Crippen LogP) is 11.9. The van der Waals surface area contributed by atoms with Crippen molar-refractivity contribution < 1.29 is 4.42 Å². The number of hydrogen-bond donors (Lipinski definition) is 0. The first-order valence-electron chi connectivity index (χ1n) is 15.5. The number of hydrogen-bond acceptors (Lipinski definition) is 3. The van der Waals surface area contributed by atoms with Gasteiger partial charge < -0.3 is 14.2 Å². The lowest BCUT2D eigenvalue weighted by molar-refractivity contribution is 0.668. The predicted molar refractivity (Wildman–Crippen MR) is 195 cm³/mol. The number of anilines is 4. The number of benzene rings is 6. The smallest absolute Gasteiger partial charge is 0.145 e. The highest BCUT2D eigenvalue weighted by atomic mass is 16.3.